The number of pyridine rings is 1. The van der Waals surface area contributed by atoms with Crippen molar-refractivity contribution >= 4 is 5.82 Å². The van der Waals surface area contributed by atoms with Crippen LogP contribution in [0.5, 0.6) is 0 Å². The lowest BCUT2D eigenvalue weighted by Gasteiger charge is -2.19. The molecule has 0 aromatic carbocycles. The molecule has 3 heteroatoms. The number of nitrogens with zero attached hydrogens (tertiary/aromatic N) is 2. The van der Waals surface area contributed by atoms with E-state index in [4.69, 9.17) is 4.98 Å². The molecule has 0 aliphatic carbocycles. The lowest BCUT2D eigenvalue weighted by molar-refractivity contribution is 0.270. The average molecular weight is 261 g/mol. The smallest absolute Gasteiger partial charge is 0.126 e. The Bertz CT molecular complexity index is 378. The van der Waals surface area contributed by atoms with E-state index in [9.17, 15) is 0 Å². The van der Waals surface area contributed by atoms with E-state index in [0.29, 0.717) is 0 Å². The van der Waals surface area contributed by atoms with Gasteiger partial charge in [-0.05, 0) is 56.8 Å². The van der Waals surface area contributed by atoms with Crippen molar-refractivity contribution in [2.75, 3.05) is 25.0 Å². The number of nitrogens with one attached hydrogen (secondary N) is 1. The standard InChI is InChI=1S/C16H27N3/c1-3-10-17-16-8-4-7-15(18-16)13-19-11-5-6-14(2)9-12-19/h4,7-8,14H,3,5-6,9-13H2,1-2H3,(H,17,18). The Hall–Kier alpha value is -1.09. The van der Waals surface area contributed by atoms with Crippen molar-refractivity contribution in [1.29, 1.82) is 0 Å². The van der Waals surface area contributed by atoms with Crippen molar-refractivity contribution in [2.24, 2.45) is 5.92 Å². The molecule has 2 rings (SSSR count). The van der Waals surface area contributed by atoms with Crippen molar-refractivity contribution in [3.8, 4) is 0 Å². The zero-order valence-electron chi connectivity index (χ0n) is 12.4. The van der Waals surface area contributed by atoms with Gasteiger partial charge in [-0.1, -0.05) is 19.9 Å². The normalized spacial score (nSPS) is 21.1. The molecule has 19 heavy (non-hydrogen) atoms. The summed E-state index contributed by atoms with van der Waals surface area (Å²) >= 11 is 0. The Kier molecular flexibility index (Phi) is 5.64. The van der Waals surface area contributed by atoms with E-state index < -0.39 is 0 Å². The Morgan fingerprint density at radius 1 is 1.32 bits per heavy atom. The van der Waals surface area contributed by atoms with E-state index in [0.717, 1.165) is 31.2 Å². The highest BCUT2D eigenvalue weighted by molar-refractivity contribution is 5.35. The van der Waals surface area contributed by atoms with E-state index in [1.54, 1.807) is 0 Å². The van der Waals surface area contributed by atoms with Crippen LogP contribution in [0.25, 0.3) is 0 Å². The Morgan fingerprint density at radius 2 is 2.21 bits per heavy atom. The van der Waals surface area contributed by atoms with Crippen LogP contribution in [0.15, 0.2) is 18.2 Å². The van der Waals surface area contributed by atoms with Crippen molar-refractivity contribution in [1.82, 2.24) is 9.88 Å². The Morgan fingerprint density at radius 3 is 3.05 bits per heavy atom. The molecule has 1 aliphatic heterocycles. The summed E-state index contributed by atoms with van der Waals surface area (Å²) in [6.45, 7) is 8.98. The molecule has 1 fully saturated rings. The van der Waals surface area contributed by atoms with Crippen molar-refractivity contribution < 1.29 is 0 Å². The van der Waals surface area contributed by atoms with E-state index >= 15 is 0 Å². The van der Waals surface area contributed by atoms with Gasteiger partial charge < -0.3 is 5.32 Å². The second kappa shape index (κ2) is 7.49. The van der Waals surface area contributed by atoms with Crippen molar-refractivity contribution in [3.05, 3.63) is 23.9 Å². The molecule has 106 valence electrons. The summed E-state index contributed by atoms with van der Waals surface area (Å²) in [5, 5.41) is 3.36. The molecular formula is C16H27N3. The van der Waals surface area contributed by atoms with Gasteiger partial charge in [-0.3, -0.25) is 4.90 Å². The highest BCUT2D eigenvalue weighted by Crippen LogP contribution is 2.18. The molecule has 1 atom stereocenters. The first kappa shape index (κ1) is 14.3. The molecule has 1 N–H and O–H groups in total. The van der Waals surface area contributed by atoms with Crippen LogP contribution in [0.2, 0.25) is 0 Å². The second-order valence-electron chi connectivity index (χ2n) is 5.75. The van der Waals surface area contributed by atoms with E-state index in [1.165, 1.54) is 38.0 Å². The zero-order valence-corrected chi connectivity index (χ0v) is 12.4. The van der Waals surface area contributed by atoms with Crippen LogP contribution in [0.3, 0.4) is 0 Å². The summed E-state index contributed by atoms with van der Waals surface area (Å²) < 4.78 is 0. The van der Waals surface area contributed by atoms with Crippen LogP contribution in [-0.4, -0.2) is 29.5 Å². The zero-order chi connectivity index (χ0) is 13.5. The summed E-state index contributed by atoms with van der Waals surface area (Å²) in [5.41, 5.74) is 1.19. The van der Waals surface area contributed by atoms with E-state index in [-0.39, 0.29) is 0 Å². The fourth-order valence-electron chi connectivity index (χ4n) is 2.63. The molecule has 0 saturated carbocycles. The van der Waals surface area contributed by atoms with Crippen LogP contribution < -0.4 is 5.32 Å². The Balaban J connectivity index is 1.90. The largest absolute Gasteiger partial charge is 0.370 e. The predicted molar refractivity (Wildman–Crippen MR) is 81.3 cm³/mol. The number of hydrogen-bond acceptors (Lipinski definition) is 3. The maximum atomic E-state index is 4.70. The lowest BCUT2D eigenvalue weighted by Crippen LogP contribution is -2.24. The van der Waals surface area contributed by atoms with Crippen molar-refractivity contribution in [3.63, 3.8) is 0 Å². The highest BCUT2D eigenvalue weighted by Gasteiger charge is 2.14. The molecular weight excluding hydrogens is 234 g/mol. The average Bonchev–Trinajstić information content (AvgIpc) is 2.62. The number of hydrogen-bond donors (Lipinski definition) is 1. The number of likely N-dealkylation sites (tertiary alicyclic amines) is 1. The Labute approximate surface area is 117 Å². The minimum absolute atomic E-state index is 0.885. The van der Waals surface area contributed by atoms with E-state index in [1.807, 2.05) is 0 Å². The monoisotopic (exact) mass is 261 g/mol. The summed E-state index contributed by atoms with van der Waals surface area (Å²) in [4.78, 5) is 7.25. The van der Waals surface area contributed by atoms with Crippen LogP contribution in [-0.2, 0) is 6.54 Å². The lowest BCUT2D eigenvalue weighted by atomic mass is 10.0. The predicted octanol–water partition coefficient (Wildman–Crippen LogP) is 3.53. The maximum Gasteiger partial charge on any atom is 0.126 e. The van der Waals surface area contributed by atoms with Gasteiger partial charge in [0, 0.05) is 13.1 Å². The summed E-state index contributed by atoms with van der Waals surface area (Å²) in [6.07, 6.45) is 5.17. The fraction of sp³-hybridized carbons (Fsp3) is 0.688. The molecule has 1 unspecified atom stereocenters. The molecule has 0 radical (unpaired) electrons. The van der Waals surface area contributed by atoms with Gasteiger partial charge in [0.15, 0.2) is 0 Å². The molecule has 2 heterocycles. The van der Waals surface area contributed by atoms with Crippen LogP contribution in [0, 0.1) is 5.92 Å². The molecule has 0 spiro atoms. The first-order valence-corrected chi connectivity index (χ1v) is 7.70. The third kappa shape index (κ3) is 4.83. The minimum Gasteiger partial charge on any atom is -0.370 e. The molecule has 0 amide bonds. The summed E-state index contributed by atoms with van der Waals surface area (Å²) in [6, 6.07) is 6.32. The van der Waals surface area contributed by atoms with Gasteiger partial charge in [0.05, 0.1) is 5.69 Å². The first-order chi connectivity index (χ1) is 9.28. The quantitative estimate of drug-likeness (QED) is 0.879. The summed E-state index contributed by atoms with van der Waals surface area (Å²) in [7, 11) is 0. The van der Waals surface area contributed by atoms with Crippen molar-refractivity contribution in [2.45, 2.75) is 46.1 Å². The topological polar surface area (TPSA) is 28.2 Å². The number of rotatable bonds is 5. The number of aromatic nitrogens is 1. The fourth-order valence-corrected chi connectivity index (χ4v) is 2.63. The number of anilines is 1. The molecule has 1 aliphatic rings. The van der Waals surface area contributed by atoms with Gasteiger partial charge in [0.2, 0.25) is 0 Å². The SMILES string of the molecule is CCCNc1cccc(CN2CCCC(C)CC2)n1. The van der Waals surface area contributed by atoms with Gasteiger partial charge in [0.25, 0.3) is 0 Å². The first-order valence-electron chi connectivity index (χ1n) is 7.70. The van der Waals surface area contributed by atoms with Crippen LogP contribution in [0.4, 0.5) is 5.82 Å². The van der Waals surface area contributed by atoms with Gasteiger partial charge in [-0.2, -0.15) is 0 Å². The van der Waals surface area contributed by atoms with Gasteiger partial charge in [0.1, 0.15) is 5.82 Å². The third-order valence-corrected chi connectivity index (χ3v) is 3.86. The highest BCUT2D eigenvalue weighted by atomic mass is 15.1. The van der Waals surface area contributed by atoms with Gasteiger partial charge in [-0.15, -0.1) is 0 Å². The van der Waals surface area contributed by atoms with Gasteiger partial charge in [-0.25, -0.2) is 4.98 Å². The molecule has 1 saturated heterocycles. The van der Waals surface area contributed by atoms with E-state index in [2.05, 4.69) is 42.3 Å². The summed E-state index contributed by atoms with van der Waals surface area (Å²) in [5.74, 6) is 1.90. The third-order valence-electron chi connectivity index (χ3n) is 3.86. The molecule has 0 bridgehead atoms. The van der Waals surface area contributed by atoms with Gasteiger partial charge >= 0.3 is 0 Å². The maximum absolute atomic E-state index is 4.70. The molecule has 1 aromatic heterocycles. The van der Waals surface area contributed by atoms with Crippen LogP contribution >= 0.6 is 0 Å². The minimum atomic E-state index is 0.885. The second-order valence-corrected chi connectivity index (χ2v) is 5.75. The van der Waals surface area contributed by atoms with Crippen LogP contribution in [0.1, 0.15) is 45.2 Å². The molecule has 1 aromatic rings. The molecule has 3 nitrogen and oxygen atoms in total.